The number of nitrogens with zero attached hydrogens (tertiary/aromatic N) is 3. The fraction of sp³-hybridized carbons (Fsp3) is 0.368. The molecule has 0 aliphatic heterocycles. The van der Waals surface area contributed by atoms with Gasteiger partial charge in [0, 0.05) is 24.7 Å². The van der Waals surface area contributed by atoms with Gasteiger partial charge >= 0.3 is 0 Å². The Balaban J connectivity index is 1.58. The van der Waals surface area contributed by atoms with Gasteiger partial charge in [0.2, 0.25) is 0 Å². The SMILES string of the molecule is CCOc1ccccc1CN(Cc1cccc2nonc12)C1CC1. The Bertz CT molecular complexity index is 826. The van der Waals surface area contributed by atoms with Gasteiger partial charge in [0.25, 0.3) is 0 Å². The maximum Gasteiger partial charge on any atom is 0.139 e. The van der Waals surface area contributed by atoms with Gasteiger partial charge in [-0.25, -0.2) is 4.63 Å². The number of benzene rings is 2. The quantitative estimate of drug-likeness (QED) is 0.662. The van der Waals surface area contributed by atoms with Crippen LogP contribution in [0.25, 0.3) is 11.0 Å². The van der Waals surface area contributed by atoms with E-state index in [2.05, 4.69) is 33.4 Å². The Morgan fingerprint density at radius 2 is 1.83 bits per heavy atom. The van der Waals surface area contributed by atoms with Crippen LogP contribution in [0.3, 0.4) is 0 Å². The zero-order valence-corrected chi connectivity index (χ0v) is 13.8. The molecule has 0 radical (unpaired) electrons. The first-order valence-corrected chi connectivity index (χ1v) is 8.50. The van der Waals surface area contributed by atoms with Crippen molar-refractivity contribution in [2.45, 2.75) is 38.9 Å². The van der Waals surface area contributed by atoms with Crippen molar-refractivity contribution in [3.8, 4) is 5.75 Å². The highest BCUT2D eigenvalue weighted by molar-refractivity contribution is 5.76. The lowest BCUT2D eigenvalue weighted by molar-refractivity contribution is 0.239. The second kappa shape index (κ2) is 6.61. The first-order chi connectivity index (χ1) is 11.8. The van der Waals surface area contributed by atoms with Crippen LogP contribution in [0.1, 0.15) is 30.9 Å². The number of hydrogen-bond acceptors (Lipinski definition) is 5. The van der Waals surface area contributed by atoms with Crippen LogP contribution >= 0.6 is 0 Å². The first kappa shape index (κ1) is 15.1. The second-order valence-corrected chi connectivity index (χ2v) is 6.23. The summed E-state index contributed by atoms with van der Waals surface area (Å²) in [4.78, 5) is 2.50. The summed E-state index contributed by atoms with van der Waals surface area (Å²) in [5.41, 5.74) is 4.07. The number of fused-ring (bicyclic) bond motifs is 1. The molecule has 5 nitrogen and oxygen atoms in total. The van der Waals surface area contributed by atoms with Crippen molar-refractivity contribution in [3.63, 3.8) is 0 Å². The molecule has 0 atom stereocenters. The van der Waals surface area contributed by atoms with E-state index in [0.717, 1.165) is 35.4 Å². The lowest BCUT2D eigenvalue weighted by Gasteiger charge is -2.23. The lowest BCUT2D eigenvalue weighted by Crippen LogP contribution is -2.25. The van der Waals surface area contributed by atoms with Crippen LogP contribution < -0.4 is 4.74 Å². The standard InChI is InChI=1S/C19H21N3O2/c1-2-23-18-9-4-3-6-14(18)12-22(16-10-11-16)13-15-7-5-8-17-19(15)21-24-20-17/h3-9,16H,2,10-13H2,1H3. The molecule has 0 unspecified atom stereocenters. The number of ether oxygens (including phenoxy) is 1. The summed E-state index contributed by atoms with van der Waals surface area (Å²) in [6, 6.07) is 15.0. The van der Waals surface area contributed by atoms with Gasteiger partial charge < -0.3 is 4.74 Å². The minimum Gasteiger partial charge on any atom is -0.494 e. The first-order valence-electron chi connectivity index (χ1n) is 8.50. The maximum absolute atomic E-state index is 5.78. The minimum atomic E-state index is 0.634. The Morgan fingerprint density at radius 1 is 1.04 bits per heavy atom. The molecule has 124 valence electrons. The minimum absolute atomic E-state index is 0.634. The Kier molecular flexibility index (Phi) is 4.17. The molecule has 5 heteroatoms. The van der Waals surface area contributed by atoms with Crippen molar-refractivity contribution >= 4 is 11.0 Å². The molecule has 24 heavy (non-hydrogen) atoms. The van der Waals surface area contributed by atoms with E-state index in [0.29, 0.717) is 12.6 Å². The van der Waals surface area contributed by atoms with Gasteiger partial charge in [-0.1, -0.05) is 30.3 Å². The average Bonchev–Trinajstić information content (AvgIpc) is 3.33. The van der Waals surface area contributed by atoms with Gasteiger partial charge in [-0.2, -0.15) is 0 Å². The number of rotatable bonds is 7. The number of para-hydroxylation sites is 1. The van der Waals surface area contributed by atoms with Crippen LogP contribution in [0.2, 0.25) is 0 Å². The maximum atomic E-state index is 5.78. The van der Waals surface area contributed by atoms with Crippen LogP contribution in [-0.4, -0.2) is 27.9 Å². The summed E-state index contributed by atoms with van der Waals surface area (Å²) >= 11 is 0. The van der Waals surface area contributed by atoms with Gasteiger partial charge in [-0.15, -0.1) is 0 Å². The van der Waals surface area contributed by atoms with Crippen LogP contribution in [0, 0.1) is 0 Å². The molecule has 1 fully saturated rings. The smallest absolute Gasteiger partial charge is 0.139 e. The highest BCUT2D eigenvalue weighted by Gasteiger charge is 2.30. The van der Waals surface area contributed by atoms with Crippen molar-refractivity contribution in [1.82, 2.24) is 15.2 Å². The highest BCUT2D eigenvalue weighted by atomic mass is 16.6. The summed E-state index contributed by atoms with van der Waals surface area (Å²) in [5.74, 6) is 0.979. The fourth-order valence-electron chi connectivity index (χ4n) is 3.11. The lowest BCUT2D eigenvalue weighted by atomic mass is 10.1. The monoisotopic (exact) mass is 323 g/mol. The van der Waals surface area contributed by atoms with Gasteiger partial charge in [0.05, 0.1) is 6.61 Å². The molecule has 4 rings (SSSR count). The largest absolute Gasteiger partial charge is 0.494 e. The molecule has 1 saturated carbocycles. The van der Waals surface area contributed by atoms with E-state index in [1.54, 1.807) is 0 Å². The third-order valence-corrected chi connectivity index (χ3v) is 4.45. The van der Waals surface area contributed by atoms with E-state index in [1.165, 1.54) is 18.4 Å². The van der Waals surface area contributed by atoms with Crippen molar-refractivity contribution in [1.29, 1.82) is 0 Å². The summed E-state index contributed by atoms with van der Waals surface area (Å²) < 4.78 is 10.7. The molecule has 0 spiro atoms. The average molecular weight is 323 g/mol. The van der Waals surface area contributed by atoms with E-state index < -0.39 is 0 Å². The predicted octanol–water partition coefficient (Wildman–Crippen LogP) is 3.79. The molecule has 2 aromatic carbocycles. The van der Waals surface area contributed by atoms with Gasteiger partial charge in [-0.05, 0) is 47.8 Å². The Morgan fingerprint density at radius 3 is 2.67 bits per heavy atom. The van der Waals surface area contributed by atoms with E-state index in [1.807, 2.05) is 31.2 Å². The van der Waals surface area contributed by atoms with Crippen LogP contribution in [0.15, 0.2) is 47.1 Å². The van der Waals surface area contributed by atoms with E-state index in [-0.39, 0.29) is 0 Å². The van der Waals surface area contributed by atoms with Crippen molar-refractivity contribution in [2.24, 2.45) is 0 Å². The normalized spacial score (nSPS) is 14.4. The van der Waals surface area contributed by atoms with Crippen LogP contribution in [-0.2, 0) is 13.1 Å². The second-order valence-electron chi connectivity index (χ2n) is 6.23. The molecule has 1 aliphatic carbocycles. The topological polar surface area (TPSA) is 51.4 Å². The number of hydrogen-bond donors (Lipinski definition) is 0. The zero-order valence-electron chi connectivity index (χ0n) is 13.8. The molecular weight excluding hydrogens is 302 g/mol. The van der Waals surface area contributed by atoms with E-state index in [9.17, 15) is 0 Å². The Hall–Kier alpha value is -2.40. The molecule has 1 heterocycles. The highest BCUT2D eigenvalue weighted by Crippen LogP contribution is 2.32. The van der Waals surface area contributed by atoms with Crippen LogP contribution in [0.5, 0.6) is 5.75 Å². The third kappa shape index (κ3) is 3.12. The molecule has 3 aromatic rings. The molecule has 1 aliphatic rings. The van der Waals surface area contributed by atoms with Crippen molar-refractivity contribution in [3.05, 3.63) is 53.6 Å². The van der Waals surface area contributed by atoms with E-state index >= 15 is 0 Å². The van der Waals surface area contributed by atoms with E-state index in [4.69, 9.17) is 9.37 Å². The van der Waals surface area contributed by atoms with Gasteiger partial charge in [-0.3, -0.25) is 4.90 Å². The summed E-state index contributed by atoms with van der Waals surface area (Å²) in [6.45, 7) is 4.43. The van der Waals surface area contributed by atoms with Crippen molar-refractivity contribution < 1.29 is 9.37 Å². The third-order valence-electron chi connectivity index (χ3n) is 4.45. The summed E-state index contributed by atoms with van der Waals surface area (Å²) in [5, 5.41) is 8.01. The summed E-state index contributed by atoms with van der Waals surface area (Å²) in [6.07, 6.45) is 2.51. The fourth-order valence-corrected chi connectivity index (χ4v) is 3.11. The molecule has 0 amide bonds. The Labute approximate surface area is 141 Å². The molecule has 1 aromatic heterocycles. The predicted molar refractivity (Wildman–Crippen MR) is 91.7 cm³/mol. The van der Waals surface area contributed by atoms with Gasteiger partial charge in [0.1, 0.15) is 16.8 Å². The van der Waals surface area contributed by atoms with Crippen LogP contribution in [0.4, 0.5) is 0 Å². The zero-order chi connectivity index (χ0) is 16.4. The van der Waals surface area contributed by atoms with Gasteiger partial charge in [0.15, 0.2) is 0 Å². The summed E-state index contributed by atoms with van der Waals surface area (Å²) in [7, 11) is 0. The van der Waals surface area contributed by atoms with Crippen molar-refractivity contribution in [2.75, 3.05) is 6.61 Å². The number of aromatic nitrogens is 2. The molecule has 0 saturated heterocycles. The molecule has 0 bridgehead atoms. The molecular formula is C19H21N3O2. The molecule has 0 N–H and O–H groups in total.